The molecule has 57 heavy (non-hydrogen) atoms. The summed E-state index contributed by atoms with van der Waals surface area (Å²) in [5.74, 6) is 0. The van der Waals surface area contributed by atoms with E-state index in [1.54, 1.807) is 0 Å². The van der Waals surface area contributed by atoms with Crippen molar-refractivity contribution >= 4 is 60.9 Å². The molecule has 9 aromatic carbocycles. The number of nitrogens with zero attached hydrogens (tertiary/aromatic N) is 1. The highest BCUT2D eigenvalue weighted by molar-refractivity contribution is 6.16. The van der Waals surface area contributed by atoms with Gasteiger partial charge in [-0.2, -0.15) is 0 Å². The first-order valence-electron chi connectivity index (χ1n) is 19.3. The quantitative estimate of drug-likeness (QED) is 0.164. The molecule has 268 valence electrons. The van der Waals surface area contributed by atoms with Crippen molar-refractivity contribution in [3.63, 3.8) is 0 Å². The van der Waals surface area contributed by atoms with Gasteiger partial charge in [0, 0.05) is 38.5 Å². The second-order valence-corrected chi connectivity index (χ2v) is 14.5. The number of furan rings is 2. The molecule has 0 aliphatic heterocycles. The monoisotopic (exact) mass is 729 g/mol. The Balaban J connectivity index is 1.13. The van der Waals surface area contributed by atoms with E-state index < -0.39 is 0 Å². The van der Waals surface area contributed by atoms with Gasteiger partial charge >= 0.3 is 0 Å². The molecule has 2 aromatic heterocycles. The van der Waals surface area contributed by atoms with E-state index in [9.17, 15) is 0 Å². The predicted octanol–water partition coefficient (Wildman–Crippen LogP) is 15.6. The molecule has 0 unspecified atom stereocenters. The molecule has 0 radical (unpaired) electrons. The third-order valence-electron chi connectivity index (χ3n) is 11.1. The summed E-state index contributed by atoms with van der Waals surface area (Å²) in [5, 5.41) is 4.43. The fraction of sp³-hybridized carbons (Fsp3) is 0. The highest BCUT2D eigenvalue weighted by atomic mass is 16.3. The maximum Gasteiger partial charge on any atom is 0.136 e. The number of para-hydroxylation sites is 2. The molecular weight excluding hydrogens is 695 g/mol. The van der Waals surface area contributed by atoms with E-state index >= 15 is 0 Å². The van der Waals surface area contributed by atoms with Crippen molar-refractivity contribution < 1.29 is 8.83 Å². The van der Waals surface area contributed by atoms with Crippen LogP contribution in [0, 0.1) is 0 Å². The molecule has 0 saturated carbocycles. The van der Waals surface area contributed by atoms with E-state index in [1.807, 2.05) is 18.2 Å². The Kier molecular flexibility index (Phi) is 7.82. The van der Waals surface area contributed by atoms with Crippen LogP contribution < -0.4 is 4.90 Å². The topological polar surface area (TPSA) is 29.5 Å². The van der Waals surface area contributed by atoms with E-state index in [1.165, 1.54) is 22.3 Å². The summed E-state index contributed by atoms with van der Waals surface area (Å²) in [6, 6.07) is 75.2. The number of rotatable bonds is 7. The summed E-state index contributed by atoms with van der Waals surface area (Å²) < 4.78 is 12.9. The molecule has 2 heterocycles. The van der Waals surface area contributed by atoms with Gasteiger partial charge in [-0.25, -0.2) is 0 Å². The van der Waals surface area contributed by atoms with Crippen LogP contribution in [0.2, 0.25) is 0 Å². The molecule has 0 aliphatic carbocycles. The van der Waals surface area contributed by atoms with Crippen molar-refractivity contribution in [3.8, 4) is 44.5 Å². The standard InChI is InChI=1S/C54H35NO2/c1-3-12-36(13-4-1)38-22-24-40(25-23-38)53-48(32-33-51-54(53)47-19-8-10-21-50(47)56-51)55(43-29-26-39(27-30-43)37-14-5-2-6-15-37)44-17-11-16-41(34-44)42-28-31-46-45-18-7-9-20-49(45)57-52(46)35-42/h1-35H. The maximum absolute atomic E-state index is 6.52. The second kappa shape index (κ2) is 13.6. The molecule has 3 heteroatoms. The van der Waals surface area contributed by atoms with E-state index in [4.69, 9.17) is 8.83 Å². The van der Waals surface area contributed by atoms with E-state index in [2.05, 4.69) is 199 Å². The summed E-state index contributed by atoms with van der Waals surface area (Å²) in [7, 11) is 0. The number of hydrogen-bond acceptors (Lipinski definition) is 3. The van der Waals surface area contributed by atoms with Crippen molar-refractivity contribution in [1.82, 2.24) is 0 Å². The zero-order valence-corrected chi connectivity index (χ0v) is 31.0. The molecule has 0 bridgehead atoms. The van der Waals surface area contributed by atoms with E-state index in [0.717, 1.165) is 83.2 Å². The highest BCUT2D eigenvalue weighted by Crippen LogP contribution is 2.48. The van der Waals surface area contributed by atoms with Gasteiger partial charge in [0.05, 0.1) is 5.69 Å². The Labute approximate surface area is 330 Å². The fourth-order valence-corrected chi connectivity index (χ4v) is 8.33. The molecule has 11 rings (SSSR count). The molecule has 0 fully saturated rings. The number of benzene rings is 9. The van der Waals surface area contributed by atoms with E-state index in [-0.39, 0.29) is 0 Å². The smallest absolute Gasteiger partial charge is 0.136 e. The van der Waals surface area contributed by atoms with Crippen LogP contribution in [0.4, 0.5) is 17.1 Å². The Bertz CT molecular complexity index is 3210. The molecule has 11 aromatic rings. The summed E-state index contributed by atoms with van der Waals surface area (Å²) in [4.78, 5) is 2.39. The third-order valence-corrected chi connectivity index (χ3v) is 11.1. The predicted molar refractivity (Wildman–Crippen MR) is 237 cm³/mol. The zero-order valence-electron chi connectivity index (χ0n) is 31.0. The molecular formula is C54H35NO2. The molecule has 0 atom stereocenters. The van der Waals surface area contributed by atoms with Crippen LogP contribution in [0.1, 0.15) is 0 Å². The van der Waals surface area contributed by atoms with Crippen LogP contribution in [0.15, 0.2) is 221 Å². The fourth-order valence-electron chi connectivity index (χ4n) is 8.33. The first-order valence-corrected chi connectivity index (χ1v) is 19.3. The average molecular weight is 730 g/mol. The van der Waals surface area contributed by atoms with Gasteiger partial charge in [-0.05, 0) is 99.6 Å². The lowest BCUT2D eigenvalue weighted by atomic mass is 9.94. The highest BCUT2D eigenvalue weighted by Gasteiger charge is 2.23. The largest absolute Gasteiger partial charge is 0.456 e. The number of fused-ring (bicyclic) bond motifs is 6. The first-order chi connectivity index (χ1) is 28.2. The van der Waals surface area contributed by atoms with Crippen molar-refractivity contribution in [2.45, 2.75) is 0 Å². The second-order valence-electron chi connectivity index (χ2n) is 14.5. The lowest BCUT2D eigenvalue weighted by Crippen LogP contribution is -2.11. The number of hydrogen-bond donors (Lipinski definition) is 0. The van der Waals surface area contributed by atoms with Crippen molar-refractivity contribution in [2.24, 2.45) is 0 Å². The van der Waals surface area contributed by atoms with Crippen LogP contribution >= 0.6 is 0 Å². The minimum Gasteiger partial charge on any atom is -0.456 e. The van der Waals surface area contributed by atoms with Gasteiger partial charge < -0.3 is 13.7 Å². The SMILES string of the molecule is c1ccc(-c2ccc(-c3c(N(c4ccc(-c5ccccc5)cc4)c4cccc(-c5ccc6c(c5)oc5ccccc56)c4)ccc4oc5ccccc5c34)cc2)cc1. The first kappa shape index (κ1) is 32.8. The number of anilines is 3. The van der Waals surface area contributed by atoms with Gasteiger partial charge in [-0.1, -0.05) is 152 Å². The molecule has 0 aliphatic rings. The molecule has 0 saturated heterocycles. The Morgan fingerprint density at radius 2 is 0.789 bits per heavy atom. The Hall–Kier alpha value is -7.62. The van der Waals surface area contributed by atoms with Gasteiger partial charge in [0.2, 0.25) is 0 Å². The van der Waals surface area contributed by atoms with Crippen molar-refractivity contribution in [2.75, 3.05) is 4.90 Å². The van der Waals surface area contributed by atoms with E-state index in [0.29, 0.717) is 0 Å². The normalized spacial score (nSPS) is 11.5. The van der Waals surface area contributed by atoms with Gasteiger partial charge in [0.1, 0.15) is 22.3 Å². The average Bonchev–Trinajstić information content (AvgIpc) is 3.86. The van der Waals surface area contributed by atoms with Gasteiger partial charge in [-0.3, -0.25) is 0 Å². The Morgan fingerprint density at radius 3 is 1.51 bits per heavy atom. The maximum atomic E-state index is 6.52. The molecule has 0 spiro atoms. The minimum atomic E-state index is 0.856. The molecule has 0 N–H and O–H groups in total. The van der Waals surface area contributed by atoms with Crippen LogP contribution in [0.3, 0.4) is 0 Å². The molecule has 0 amide bonds. The lowest BCUT2D eigenvalue weighted by Gasteiger charge is -2.29. The van der Waals surface area contributed by atoms with Gasteiger partial charge in [0.25, 0.3) is 0 Å². The van der Waals surface area contributed by atoms with Crippen LogP contribution in [0.25, 0.3) is 88.4 Å². The Morgan fingerprint density at radius 1 is 0.281 bits per heavy atom. The zero-order chi connectivity index (χ0) is 37.7. The summed E-state index contributed by atoms with van der Waals surface area (Å²) in [6.45, 7) is 0. The lowest BCUT2D eigenvalue weighted by molar-refractivity contribution is 0.668. The molecule has 3 nitrogen and oxygen atoms in total. The van der Waals surface area contributed by atoms with Crippen molar-refractivity contribution in [3.05, 3.63) is 212 Å². The summed E-state index contributed by atoms with van der Waals surface area (Å²) in [5.41, 5.74) is 15.8. The van der Waals surface area contributed by atoms with Crippen molar-refractivity contribution in [1.29, 1.82) is 0 Å². The van der Waals surface area contributed by atoms with Crippen LogP contribution in [-0.2, 0) is 0 Å². The van der Waals surface area contributed by atoms with Crippen LogP contribution in [-0.4, -0.2) is 0 Å². The summed E-state index contributed by atoms with van der Waals surface area (Å²) >= 11 is 0. The third kappa shape index (κ3) is 5.76. The van der Waals surface area contributed by atoms with Gasteiger partial charge in [-0.15, -0.1) is 0 Å². The van der Waals surface area contributed by atoms with Gasteiger partial charge in [0.15, 0.2) is 0 Å². The van der Waals surface area contributed by atoms with Crippen LogP contribution in [0.5, 0.6) is 0 Å². The minimum absolute atomic E-state index is 0.856. The summed E-state index contributed by atoms with van der Waals surface area (Å²) in [6.07, 6.45) is 0.